The van der Waals surface area contributed by atoms with Crippen molar-refractivity contribution in [3.05, 3.63) is 0 Å². The Bertz CT molecular complexity index is 300. The molecule has 2 atom stereocenters. The lowest BCUT2D eigenvalue weighted by atomic mass is 9.87. The zero-order valence-corrected chi connectivity index (χ0v) is 11.6. The second-order valence-electron chi connectivity index (χ2n) is 6.97. The van der Waals surface area contributed by atoms with E-state index < -0.39 is 0 Å². The lowest BCUT2D eigenvalue weighted by molar-refractivity contribution is -0.124. The molecule has 2 N–H and O–H groups in total. The summed E-state index contributed by atoms with van der Waals surface area (Å²) in [5, 5.41) is 6.57. The Balaban J connectivity index is 1.86. The first-order chi connectivity index (χ1) is 7.85. The predicted octanol–water partition coefficient (Wildman–Crippen LogP) is 1.93. The molecule has 1 aliphatic carbocycles. The Labute approximate surface area is 105 Å². The Morgan fingerprint density at radius 2 is 1.94 bits per heavy atom. The zero-order valence-electron chi connectivity index (χ0n) is 11.6. The molecule has 3 heteroatoms. The van der Waals surface area contributed by atoms with Crippen LogP contribution in [-0.2, 0) is 4.79 Å². The summed E-state index contributed by atoms with van der Waals surface area (Å²) in [6.45, 7) is 10.8. The van der Waals surface area contributed by atoms with Crippen LogP contribution < -0.4 is 10.6 Å². The number of carbonyl (C=O) groups is 1. The van der Waals surface area contributed by atoms with Gasteiger partial charge in [0.25, 0.3) is 0 Å². The van der Waals surface area contributed by atoms with Gasteiger partial charge in [-0.1, -0.05) is 20.8 Å². The van der Waals surface area contributed by atoms with Gasteiger partial charge >= 0.3 is 0 Å². The van der Waals surface area contributed by atoms with Gasteiger partial charge < -0.3 is 10.6 Å². The molecule has 0 aromatic heterocycles. The molecule has 2 fully saturated rings. The van der Waals surface area contributed by atoms with Crippen molar-refractivity contribution in [2.24, 2.45) is 16.7 Å². The molecule has 2 rings (SSSR count). The maximum Gasteiger partial charge on any atom is 0.223 e. The van der Waals surface area contributed by atoms with Crippen LogP contribution >= 0.6 is 0 Å². The van der Waals surface area contributed by atoms with E-state index in [9.17, 15) is 4.79 Å². The van der Waals surface area contributed by atoms with E-state index in [1.807, 2.05) is 0 Å². The Kier molecular flexibility index (Phi) is 3.23. The van der Waals surface area contributed by atoms with Gasteiger partial charge in [-0.3, -0.25) is 4.79 Å². The van der Waals surface area contributed by atoms with Crippen LogP contribution in [0, 0.1) is 16.7 Å². The standard InChI is InChI=1S/C14H26N2O/c1-10(13(2,3)4)16-12(17)11-9-14(11)5-7-15-8-6-14/h10-11,15H,5-9H2,1-4H3,(H,16,17). The number of amides is 1. The number of piperidine rings is 1. The monoisotopic (exact) mass is 238 g/mol. The van der Waals surface area contributed by atoms with Gasteiger partial charge in [-0.05, 0) is 50.1 Å². The molecule has 0 radical (unpaired) electrons. The van der Waals surface area contributed by atoms with Crippen molar-refractivity contribution in [2.45, 2.75) is 53.0 Å². The third kappa shape index (κ3) is 2.65. The maximum absolute atomic E-state index is 12.2. The average Bonchev–Trinajstić information content (AvgIpc) is 2.92. The van der Waals surface area contributed by atoms with Crippen LogP contribution in [0.15, 0.2) is 0 Å². The van der Waals surface area contributed by atoms with Crippen LogP contribution in [0.25, 0.3) is 0 Å². The van der Waals surface area contributed by atoms with Gasteiger partial charge in [-0.2, -0.15) is 0 Å². The lowest BCUT2D eigenvalue weighted by Gasteiger charge is -2.29. The first-order valence-corrected chi connectivity index (χ1v) is 6.86. The summed E-state index contributed by atoms with van der Waals surface area (Å²) >= 11 is 0. The van der Waals surface area contributed by atoms with Crippen molar-refractivity contribution in [1.82, 2.24) is 10.6 Å². The third-order valence-corrected chi connectivity index (χ3v) is 4.76. The van der Waals surface area contributed by atoms with Gasteiger partial charge in [0.05, 0.1) is 0 Å². The molecule has 2 unspecified atom stereocenters. The molecular formula is C14H26N2O. The van der Waals surface area contributed by atoms with Crippen LogP contribution in [0.5, 0.6) is 0 Å². The van der Waals surface area contributed by atoms with Crippen LogP contribution in [0.2, 0.25) is 0 Å². The first-order valence-electron chi connectivity index (χ1n) is 6.86. The number of hydrogen-bond acceptors (Lipinski definition) is 2. The summed E-state index contributed by atoms with van der Waals surface area (Å²) in [4.78, 5) is 12.2. The summed E-state index contributed by atoms with van der Waals surface area (Å²) in [5.74, 6) is 0.573. The van der Waals surface area contributed by atoms with Crippen LogP contribution in [0.1, 0.15) is 47.0 Å². The van der Waals surface area contributed by atoms with E-state index in [-0.39, 0.29) is 23.3 Å². The highest BCUT2D eigenvalue weighted by molar-refractivity contribution is 5.82. The fourth-order valence-electron chi connectivity index (χ4n) is 2.73. The van der Waals surface area contributed by atoms with Gasteiger partial charge in [0.2, 0.25) is 5.91 Å². The SMILES string of the molecule is CC(NC(=O)C1CC12CCNCC2)C(C)(C)C. The summed E-state index contributed by atoms with van der Waals surface area (Å²) in [6, 6.07) is 0.245. The highest BCUT2D eigenvalue weighted by Crippen LogP contribution is 2.58. The topological polar surface area (TPSA) is 41.1 Å². The highest BCUT2D eigenvalue weighted by Gasteiger charge is 2.57. The molecule has 1 spiro atoms. The zero-order chi connectivity index (χ0) is 12.7. The van der Waals surface area contributed by atoms with Crippen molar-refractivity contribution >= 4 is 5.91 Å². The lowest BCUT2D eigenvalue weighted by Crippen LogP contribution is -2.43. The molecule has 17 heavy (non-hydrogen) atoms. The van der Waals surface area contributed by atoms with E-state index in [1.54, 1.807) is 0 Å². The Morgan fingerprint density at radius 1 is 1.35 bits per heavy atom. The highest BCUT2D eigenvalue weighted by atomic mass is 16.2. The number of nitrogens with one attached hydrogen (secondary N) is 2. The van der Waals surface area contributed by atoms with Crippen molar-refractivity contribution in [1.29, 1.82) is 0 Å². The number of hydrogen-bond donors (Lipinski definition) is 2. The minimum Gasteiger partial charge on any atom is -0.353 e. The Morgan fingerprint density at radius 3 is 2.47 bits per heavy atom. The second kappa shape index (κ2) is 4.27. The molecule has 1 aliphatic heterocycles. The van der Waals surface area contributed by atoms with Gasteiger partial charge in [-0.15, -0.1) is 0 Å². The van der Waals surface area contributed by atoms with Crippen LogP contribution in [0.4, 0.5) is 0 Å². The van der Waals surface area contributed by atoms with Crippen LogP contribution in [0.3, 0.4) is 0 Å². The third-order valence-electron chi connectivity index (χ3n) is 4.76. The van der Waals surface area contributed by atoms with E-state index in [2.05, 4.69) is 38.3 Å². The summed E-state index contributed by atoms with van der Waals surface area (Å²) < 4.78 is 0. The molecule has 1 heterocycles. The van der Waals surface area contributed by atoms with Gasteiger partial charge in [0, 0.05) is 12.0 Å². The minimum absolute atomic E-state index is 0.145. The molecule has 0 aromatic carbocycles. The Hall–Kier alpha value is -0.570. The van der Waals surface area contributed by atoms with Crippen molar-refractivity contribution in [3.8, 4) is 0 Å². The maximum atomic E-state index is 12.2. The largest absolute Gasteiger partial charge is 0.353 e. The van der Waals surface area contributed by atoms with E-state index in [0.717, 1.165) is 19.5 Å². The van der Waals surface area contributed by atoms with Crippen molar-refractivity contribution in [2.75, 3.05) is 13.1 Å². The average molecular weight is 238 g/mol. The van der Waals surface area contributed by atoms with Crippen molar-refractivity contribution in [3.63, 3.8) is 0 Å². The smallest absolute Gasteiger partial charge is 0.223 e. The molecule has 1 saturated carbocycles. The number of rotatable bonds is 2. The van der Waals surface area contributed by atoms with Crippen molar-refractivity contribution < 1.29 is 4.79 Å². The normalized spacial score (nSPS) is 28.8. The van der Waals surface area contributed by atoms with E-state index in [4.69, 9.17) is 0 Å². The summed E-state index contributed by atoms with van der Waals surface area (Å²) in [5.41, 5.74) is 0.499. The van der Waals surface area contributed by atoms with Gasteiger partial charge in [0.15, 0.2) is 0 Å². The molecule has 3 nitrogen and oxygen atoms in total. The molecule has 0 aromatic rings. The fraction of sp³-hybridized carbons (Fsp3) is 0.929. The molecular weight excluding hydrogens is 212 g/mol. The van der Waals surface area contributed by atoms with E-state index in [0.29, 0.717) is 5.41 Å². The summed E-state index contributed by atoms with van der Waals surface area (Å²) in [6.07, 6.45) is 3.46. The number of carbonyl (C=O) groups excluding carboxylic acids is 1. The molecule has 0 bridgehead atoms. The second-order valence-corrected chi connectivity index (χ2v) is 6.97. The van der Waals surface area contributed by atoms with E-state index in [1.165, 1.54) is 12.8 Å². The fourth-order valence-corrected chi connectivity index (χ4v) is 2.73. The van der Waals surface area contributed by atoms with Crippen LogP contribution in [-0.4, -0.2) is 25.0 Å². The molecule has 98 valence electrons. The predicted molar refractivity (Wildman–Crippen MR) is 69.7 cm³/mol. The van der Waals surface area contributed by atoms with E-state index >= 15 is 0 Å². The first kappa shape index (κ1) is 12.9. The molecule has 2 aliphatic rings. The summed E-state index contributed by atoms with van der Waals surface area (Å²) in [7, 11) is 0. The molecule has 1 amide bonds. The van der Waals surface area contributed by atoms with Gasteiger partial charge in [0.1, 0.15) is 0 Å². The molecule has 1 saturated heterocycles. The quantitative estimate of drug-likeness (QED) is 0.772. The van der Waals surface area contributed by atoms with Gasteiger partial charge in [-0.25, -0.2) is 0 Å². The minimum atomic E-state index is 0.145.